The standard InChI is InChI=1S/C12H23N3O4Si/c1-6-9-14(11-19-20(4,5)17)15(12(16)8-3)13-18-10-7-2/h6-8,13,17H,1-3,9-11H2,4-5H3. The van der Waals surface area contributed by atoms with Gasteiger partial charge >= 0.3 is 8.56 Å². The summed E-state index contributed by atoms with van der Waals surface area (Å²) >= 11 is 0. The molecule has 0 saturated carbocycles. The number of hydrogen-bond donors (Lipinski definition) is 2. The smallest absolute Gasteiger partial charge is 0.330 e. The Morgan fingerprint density at radius 1 is 1.35 bits per heavy atom. The van der Waals surface area contributed by atoms with E-state index in [-0.39, 0.29) is 13.3 Å². The quantitative estimate of drug-likeness (QED) is 0.146. The fraction of sp³-hybridized carbons (Fsp3) is 0.417. The topological polar surface area (TPSA) is 74.3 Å². The highest BCUT2D eigenvalue weighted by Gasteiger charge is 2.24. The highest BCUT2D eigenvalue weighted by atomic mass is 28.4. The molecule has 0 atom stereocenters. The monoisotopic (exact) mass is 301 g/mol. The van der Waals surface area contributed by atoms with Crippen molar-refractivity contribution >= 4 is 14.5 Å². The Hall–Kier alpha value is -1.29. The number of nitrogens with zero attached hydrogens (tertiary/aromatic N) is 2. The van der Waals surface area contributed by atoms with Crippen LogP contribution in [-0.4, -0.2) is 49.3 Å². The van der Waals surface area contributed by atoms with Crippen molar-refractivity contribution in [2.75, 3.05) is 19.9 Å². The van der Waals surface area contributed by atoms with Gasteiger partial charge in [0.15, 0.2) is 0 Å². The minimum absolute atomic E-state index is 0.00573. The molecule has 0 unspecified atom stereocenters. The third-order valence-corrected chi connectivity index (χ3v) is 2.76. The number of hydrogen-bond acceptors (Lipinski definition) is 6. The van der Waals surface area contributed by atoms with E-state index in [1.54, 1.807) is 19.2 Å². The molecule has 0 bridgehead atoms. The summed E-state index contributed by atoms with van der Waals surface area (Å²) in [6.07, 6.45) is 4.25. The minimum Gasteiger partial charge on any atom is -0.411 e. The Morgan fingerprint density at radius 2 is 2.00 bits per heavy atom. The molecule has 0 heterocycles. The predicted octanol–water partition coefficient (Wildman–Crippen LogP) is 0.694. The number of hydrazine groups is 2. The van der Waals surface area contributed by atoms with Gasteiger partial charge in [0.05, 0.1) is 6.61 Å². The number of nitrogens with one attached hydrogen (secondary N) is 1. The molecule has 7 nitrogen and oxygen atoms in total. The molecular weight excluding hydrogens is 278 g/mol. The van der Waals surface area contributed by atoms with E-state index in [0.717, 1.165) is 11.2 Å². The van der Waals surface area contributed by atoms with Gasteiger partial charge in [-0.15, -0.1) is 13.2 Å². The van der Waals surface area contributed by atoms with Crippen molar-refractivity contribution < 1.29 is 18.9 Å². The summed E-state index contributed by atoms with van der Waals surface area (Å²) in [4.78, 5) is 26.5. The molecule has 114 valence electrons. The van der Waals surface area contributed by atoms with Gasteiger partial charge in [-0.25, -0.2) is 0 Å². The largest absolute Gasteiger partial charge is 0.411 e. The van der Waals surface area contributed by atoms with Crippen LogP contribution in [0.5, 0.6) is 0 Å². The minimum atomic E-state index is -2.70. The molecule has 8 heteroatoms. The van der Waals surface area contributed by atoms with Crippen LogP contribution in [-0.2, 0) is 14.1 Å². The van der Waals surface area contributed by atoms with Gasteiger partial charge in [0, 0.05) is 6.54 Å². The van der Waals surface area contributed by atoms with Crippen LogP contribution in [0.4, 0.5) is 0 Å². The van der Waals surface area contributed by atoms with Crippen LogP contribution in [0.25, 0.3) is 0 Å². The van der Waals surface area contributed by atoms with Crippen LogP contribution in [0.3, 0.4) is 0 Å². The Morgan fingerprint density at radius 3 is 2.45 bits per heavy atom. The average Bonchev–Trinajstić information content (AvgIpc) is 2.38. The fourth-order valence-corrected chi connectivity index (χ4v) is 1.52. The van der Waals surface area contributed by atoms with Crippen molar-refractivity contribution in [3.63, 3.8) is 0 Å². The first-order valence-corrected chi connectivity index (χ1v) is 8.88. The molecule has 1 amide bonds. The summed E-state index contributed by atoms with van der Waals surface area (Å²) in [5.74, 6) is -0.433. The molecular formula is C12H23N3O4Si. The predicted molar refractivity (Wildman–Crippen MR) is 78.9 cm³/mol. The van der Waals surface area contributed by atoms with E-state index < -0.39 is 14.5 Å². The molecule has 0 fully saturated rings. The summed E-state index contributed by atoms with van der Waals surface area (Å²) in [6.45, 7) is 14.3. The van der Waals surface area contributed by atoms with Crippen LogP contribution >= 0.6 is 0 Å². The van der Waals surface area contributed by atoms with E-state index in [0.29, 0.717) is 6.54 Å². The fourth-order valence-electron chi connectivity index (χ4n) is 1.06. The van der Waals surface area contributed by atoms with Gasteiger partial charge in [0.1, 0.15) is 6.73 Å². The zero-order chi connectivity index (χ0) is 15.6. The maximum atomic E-state index is 11.8. The maximum Gasteiger partial charge on any atom is 0.330 e. The van der Waals surface area contributed by atoms with Crippen molar-refractivity contribution in [3.05, 3.63) is 38.0 Å². The molecule has 0 radical (unpaired) electrons. The van der Waals surface area contributed by atoms with Crippen LogP contribution in [0.2, 0.25) is 13.1 Å². The summed E-state index contributed by atoms with van der Waals surface area (Å²) < 4.78 is 5.35. The third kappa shape index (κ3) is 7.99. The molecule has 0 rings (SSSR count). The third-order valence-electron chi connectivity index (χ3n) is 1.93. The number of carbonyl (C=O) groups is 1. The average molecular weight is 301 g/mol. The first-order valence-electron chi connectivity index (χ1n) is 6.02. The zero-order valence-corrected chi connectivity index (χ0v) is 13.0. The van der Waals surface area contributed by atoms with Crippen LogP contribution in [0, 0.1) is 0 Å². The molecule has 20 heavy (non-hydrogen) atoms. The summed E-state index contributed by atoms with van der Waals surface area (Å²) in [5, 5.41) is 2.57. The summed E-state index contributed by atoms with van der Waals surface area (Å²) in [6, 6.07) is 0. The molecule has 0 aromatic rings. The molecule has 0 aliphatic carbocycles. The number of carbonyl (C=O) groups excluding carboxylic acids is 1. The molecule has 0 aliphatic heterocycles. The lowest BCUT2D eigenvalue weighted by Crippen LogP contribution is -2.55. The first-order chi connectivity index (χ1) is 9.35. The Kier molecular flexibility index (Phi) is 8.97. The van der Waals surface area contributed by atoms with Crippen molar-refractivity contribution in [2.45, 2.75) is 13.1 Å². The van der Waals surface area contributed by atoms with Gasteiger partial charge in [-0.05, 0) is 19.2 Å². The molecule has 0 aliphatic rings. The van der Waals surface area contributed by atoms with Crippen molar-refractivity contribution in [3.8, 4) is 0 Å². The van der Waals surface area contributed by atoms with E-state index in [9.17, 15) is 9.59 Å². The Labute approximate surface area is 120 Å². The second kappa shape index (κ2) is 9.59. The van der Waals surface area contributed by atoms with Crippen LogP contribution in [0.15, 0.2) is 38.0 Å². The molecule has 0 saturated heterocycles. The lowest BCUT2D eigenvalue weighted by Gasteiger charge is -2.33. The van der Waals surface area contributed by atoms with E-state index in [1.165, 1.54) is 11.1 Å². The van der Waals surface area contributed by atoms with Crippen molar-refractivity contribution in [2.24, 2.45) is 0 Å². The van der Waals surface area contributed by atoms with Gasteiger partial charge in [-0.2, -0.15) is 10.1 Å². The van der Waals surface area contributed by atoms with Gasteiger partial charge in [-0.3, -0.25) is 9.63 Å². The normalized spacial score (nSPS) is 11.2. The summed E-state index contributed by atoms with van der Waals surface area (Å²) in [7, 11) is -2.70. The molecule has 2 N–H and O–H groups in total. The number of amides is 1. The second-order valence-electron chi connectivity index (χ2n) is 4.24. The van der Waals surface area contributed by atoms with E-state index in [2.05, 4.69) is 25.3 Å². The van der Waals surface area contributed by atoms with E-state index in [1.807, 2.05) is 0 Å². The highest BCUT2D eigenvalue weighted by Crippen LogP contribution is 2.04. The van der Waals surface area contributed by atoms with E-state index in [4.69, 9.17) is 9.26 Å². The maximum absolute atomic E-state index is 11.8. The zero-order valence-electron chi connectivity index (χ0n) is 12.0. The van der Waals surface area contributed by atoms with Crippen molar-refractivity contribution in [1.82, 2.24) is 15.7 Å². The van der Waals surface area contributed by atoms with Gasteiger partial charge < -0.3 is 9.22 Å². The first kappa shape index (κ1) is 18.7. The van der Waals surface area contributed by atoms with Gasteiger partial charge in [-0.1, -0.05) is 24.3 Å². The lowest BCUT2D eigenvalue weighted by molar-refractivity contribution is -0.202. The Bertz CT molecular complexity index is 344. The van der Waals surface area contributed by atoms with Gasteiger partial charge in [0.2, 0.25) is 0 Å². The van der Waals surface area contributed by atoms with Crippen molar-refractivity contribution in [1.29, 1.82) is 0 Å². The van der Waals surface area contributed by atoms with Crippen LogP contribution in [0.1, 0.15) is 0 Å². The molecule has 0 aromatic heterocycles. The van der Waals surface area contributed by atoms with E-state index >= 15 is 0 Å². The second-order valence-corrected chi connectivity index (χ2v) is 7.43. The van der Waals surface area contributed by atoms with Gasteiger partial charge in [0.25, 0.3) is 5.91 Å². The number of rotatable bonds is 11. The highest BCUT2D eigenvalue weighted by molar-refractivity contribution is 6.63. The summed E-state index contributed by atoms with van der Waals surface area (Å²) in [5.41, 5.74) is 2.47. The lowest BCUT2D eigenvalue weighted by atomic mass is 10.5. The molecule has 0 aromatic carbocycles. The molecule has 0 spiro atoms. The van der Waals surface area contributed by atoms with Crippen LogP contribution < -0.4 is 5.59 Å². The SMILES string of the molecule is C=CCONN(C(=O)C=C)N(CC=C)CO[Si](C)(C)O. The Balaban J connectivity index is 4.80.